The minimum Gasteiger partial charge on any atom is -0.474 e. The molecule has 6 nitrogen and oxygen atoms in total. The Morgan fingerprint density at radius 1 is 1.10 bits per heavy atom. The van der Waals surface area contributed by atoms with E-state index in [1.165, 1.54) is 19.3 Å². The van der Waals surface area contributed by atoms with E-state index < -0.39 is 0 Å². The number of nitrogens with two attached hydrogens (primary N) is 1. The number of ether oxygens (including phenoxy) is 2. The number of rotatable bonds is 11. The summed E-state index contributed by atoms with van der Waals surface area (Å²) in [5, 5.41) is 3.29. The predicted octanol–water partition coefficient (Wildman–Crippen LogP) is 2.64. The molecular formula is C15H28N4O2. The predicted molar refractivity (Wildman–Crippen MR) is 85.8 cm³/mol. The number of methoxy groups -OCH3 is 1. The van der Waals surface area contributed by atoms with Crippen molar-refractivity contribution in [3.8, 4) is 5.88 Å². The maximum absolute atomic E-state index is 6.08. The number of nitrogen functional groups attached to an aromatic ring is 1. The van der Waals surface area contributed by atoms with Crippen LogP contribution in [0, 0.1) is 0 Å². The Morgan fingerprint density at radius 2 is 1.90 bits per heavy atom. The third-order valence-corrected chi connectivity index (χ3v) is 3.12. The van der Waals surface area contributed by atoms with Crippen molar-refractivity contribution in [2.24, 2.45) is 0 Å². The third-order valence-electron chi connectivity index (χ3n) is 3.12. The van der Waals surface area contributed by atoms with Crippen LogP contribution >= 0.6 is 0 Å². The summed E-state index contributed by atoms with van der Waals surface area (Å²) in [5.41, 5.74) is 6.55. The third kappa shape index (κ3) is 6.16. The fourth-order valence-electron chi connectivity index (χ4n) is 1.88. The first-order valence-corrected chi connectivity index (χ1v) is 7.74. The first-order valence-electron chi connectivity index (χ1n) is 7.74. The van der Waals surface area contributed by atoms with E-state index in [0.717, 1.165) is 25.2 Å². The first kappa shape index (κ1) is 17.5. The van der Waals surface area contributed by atoms with Crippen LogP contribution < -0.4 is 15.8 Å². The van der Waals surface area contributed by atoms with Crippen molar-refractivity contribution in [1.29, 1.82) is 0 Å². The Morgan fingerprint density at radius 3 is 2.57 bits per heavy atom. The van der Waals surface area contributed by atoms with Gasteiger partial charge in [0.2, 0.25) is 5.88 Å². The zero-order chi connectivity index (χ0) is 15.5. The second kappa shape index (κ2) is 10.2. The van der Waals surface area contributed by atoms with Gasteiger partial charge in [0.05, 0.1) is 6.61 Å². The molecule has 0 spiro atoms. The van der Waals surface area contributed by atoms with Gasteiger partial charge in [-0.3, -0.25) is 0 Å². The van der Waals surface area contributed by atoms with E-state index in [-0.39, 0.29) is 0 Å². The first-order chi connectivity index (χ1) is 10.2. The highest BCUT2D eigenvalue weighted by atomic mass is 16.5. The normalized spacial score (nSPS) is 10.6. The van der Waals surface area contributed by atoms with Gasteiger partial charge < -0.3 is 20.5 Å². The number of unbranched alkanes of at least 4 members (excludes halogenated alkanes) is 3. The molecule has 0 aliphatic carbocycles. The van der Waals surface area contributed by atoms with Crippen LogP contribution in [0.4, 0.5) is 11.5 Å². The van der Waals surface area contributed by atoms with E-state index in [1.54, 1.807) is 7.11 Å². The smallest absolute Gasteiger partial charge is 0.242 e. The van der Waals surface area contributed by atoms with Crippen molar-refractivity contribution in [1.82, 2.24) is 9.97 Å². The number of anilines is 2. The van der Waals surface area contributed by atoms with E-state index in [9.17, 15) is 0 Å². The zero-order valence-corrected chi connectivity index (χ0v) is 13.4. The minimum atomic E-state index is 0.427. The van der Waals surface area contributed by atoms with Crippen molar-refractivity contribution in [2.45, 2.75) is 46.0 Å². The van der Waals surface area contributed by atoms with Gasteiger partial charge in [0.15, 0.2) is 5.82 Å². The SMILES string of the molecule is CCCCCCNc1nc(CC)nc(OCCOC)c1N. The van der Waals surface area contributed by atoms with Crippen LogP contribution in [0.15, 0.2) is 0 Å². The molecule has 0 saturated carbocycles. The Kier molecular flexibility index (Phi) is 8.50. The molecule has 6 heteroatoms. The molecule has 0 atom stereocenters. The van der Waals surface area contributed by atoms with Gasteiger partial charge in [-0.05, 0) is 6.42 Å². The van der Waals surface area contributed by atoms with Gasteiger partial charge >= 0.3 is 0 Å². The monoisotopic (exact) mass is 296 g/mol. The maximum Gasteiger partial charge on any atom is 0.242 e. The molecule has 0 saturated heterocycles. The highest BCUT2D eigenvalue weighted by Crippen LogP contribution is 2.26. The molecule has 0 unspecified atom stereocenters. The molecule has 0 bridgehead atoms. The lowest BCUT2D eigenvalue weighted by Crippen LogP contribution is -2.13. The topological polar surface area (TPSA) is 82.3 Å². The summed E-state index contributed by atoms with van der Waals surface area (Å²) in [6.07, 6.45) is 5.55. The van der Waals surface area contributed by atoms with E-state index >= 15 is 0 Å². The van der Waals surface area contributed by atoms with Crippen LogP contribution in [-0.4, -0.2) is 36.8 Å². The van der Waals surface area contributed by atoms with E-state index in [1.807, 2.05) is 6.92 Å². The highest BCUT2D eigenvalue weighted by molar-refractivity contribution is 5.66. The van der Waals surface area contributed by atoms with Gasteiger partial charge in [0, 0.05) is 20.1 Å². The summed E-state index contributed by atoms with van der Waals surface area (Å²) >= 11 is 0. The zero-order valence-electron chi connectivity index (χ0n) is 13.4. The molecule has 3 N–H and O–H groups in total. The molecule has 0 aliphatic rings. The molecule has 21 heavy (non-hydrogen) atoms. The van der Waals surface area contributed by atoms with Crippen molar-refractivity contribution in [3.63, 3.8) is 0 Å². The summed E-state index contributed by atoms with van der Waals surface area (Å²) in [6.45, 7) is 6.01. The van der Waals surface area contributed by atoms with Gasteiger partial charge in [-0.15, -0.1) is 0 Å². The lowest BCUT2D eigenvalue weighted by Gasteiger charge is -2.13. The van der Waals surface area contributed by atoms with Crippen LogP contribution in [0.5, 0.6) is 5.88 Å². The van der Waals surface area contributed by atoms with E-state index in [0.29, 0.717) is 30.6 Å². The number of hydrogen-bond donors (Lipinski definition) is 2. The van der Waals surface area contributed by atoms with Crippen molar-refractivity contribution >= 4 is 11.5 Å². The summed E-state index contributed by atoms with van der Waals surface area (Å²) in [4.78, 5) is 8.77. The number of aromatic nitrogens is 2. The summed E-state index contributed by atoms with van der Waals surface area (Å²) < 4.78 is 10.5. The maximum atomic E-state index is 6.08. The standard InChI is InChI=1S/C15H28N4O2/c1-4-6-7-8-9-17-14-13(16)15(21-11-10-20-3)19-12(5-2)18-14/h4-11,16H2,1-3H3,(H,17,18,19). The van der Waals surface area contributed by atoms with E-state index in [2.05, 4.69) is 22.2 Å². The Labute approximate surface area is 127 Å². The van der Waals surface area contributed by atoms with Gasteiger partial charge in [0.25, 0.3) is 0 Å². The fourth-order valence-corrected chi connectivity index (χ4v) is 1.88. The van der Waals surface area contributed by atoms with Gasteiger partial charge in [-0.1, -0.05) is 33.1 Å². The van der Waals surface area contributed by atoms with Gasteiger partial charge in [-0.25, -0.2) is 4.98 Å². The lowest BCUT2D eigenvalue weighted by molar-refractivity contribution is 0.144. The van der Waals surface area contributed by atoms with Gasteiger partial charge in [0.1, 0.15) is 18.1 Å². The van der Waals surface area contributed by atoms with Crippen LogP contribution in [0.25, 0.3) is 0 Å². The fraction of sp³-hybridized carbons (Fsp3) is 0.733. The average molecular weight is 296 g/mol. The quantitative estimate of drug-likeness (QED) is 0.611. The second-order valence-electron chi connectivity index (χ2n) is 4.89. The molecular weight excluding hydrogens is 268 g/mol. The molecule has 1 heterocycles. The Hall–Kier alpha value is -1.56. The molecule has 1 aromatic heterocycles. The summed E-state index contributed by atoms with van der Waals surface area (Å²) in [7, 11) is 1.63. The lowest BCUT2D eigenvalue weighted by atomic mass is 10.2. The van der Waals surface area contributed by atoms with Gasteiger partial charge in [-0.2, -0.15) is 4.98 Å². The Balaban J connectivity index is 2.65. The molecule has 1 rings (SSSR count). The van der Waals surface area contributed by atoms with Crippen LogP contribution in [0.2, 0.25) is 0 Å². The van der Waals surface area contributed by atoms with Crippen LogP contribution in [0.3, 0.4) is 0 Å². The largest absolute Gasteiger partial charge is 0.474 e. The van der Waals surface area contributed by atoms with Crippen molar-refractivity contribution < 1.29 is 9.47 Å². The molecule has 1 aromatic rings. The summed E-state index contributed by atoms with van der Waals surface area (Å²) in [5.74, 6) is 1.84. The number of nitrogens with zero attached hydrogens (tertiary/aromatic N) is 2. The highest BCUT2D eigenvalue weighted by Gasteiger charge is 2.12. The number of hydrogen-bond acceptors (Lipinski definition) is 6. The van der Waals surface area contributed by atoms with Crippen molar-refractivity contribution in [3.05, 3.63) is 5.82 Å². The van der Waals surface area contributed by atoms with Crippen LogP contribution in [0.1, 0.15) is 45.4 Å². The van der Waals surface area contributed by atoms with E-state index in [4.69, 9.17) is 15.2 Å². The second-order valence-corrected chi connectivity index (χ2v) is 4.89. The van der Waals surface area contributed by atoms with Crippen LogP contribution in [-0.2, 0) is 11.2 Å². The molecule has 0 aliphatic heterocycles. The van der Waals surface area contributed by atoms with Crippen molar-refractivity contribution in [2.75, 3.05) is 37.9 Å². The number of nitrogens with one attached hydrogen (secondary N) is 1. The summed E-state index contributed by atoms with van der Waals surface area (Å²) in [6, 6.07) is 0. The molecule has 0 amide bonds. The molecule has 0 radical (unpaired) electrons. The molecule has 0 fully saturated rings. The molecule has 120 valence electrons. The average Bonchev–Trinajstić information content (AvgIpc) is 2.50. The number of aryl methyl sites for hydroxylation is 1. The Bertz CT molecular complexity index is 413. The minimum absolute atomic E-state index is 0.427. The molecule has 0 aromatic carbocycles.